The van der Waals surface area contributed by atoms with Crippen molar-refractivity contribution in [2.45, 2.75) is 20.8 Å². The maximum Gasteiger partial charge on any atom is 0.251 e. The zero-order valence-electron chi connectivity index (χ0n) is 16.3. The van der Waals surface area contributed by atoms with Gasteiger partial charge in [-0.1, -0.05) is 18.2 Å². The predicted molar refractivity (Wildman–Crippen MR) is 105 cm³/mol. The number of amides is 2. The third-order valence-corrected chi connectivity index (χ3v) is 3.88. The van der Waals surface area contributed by atoms with Gasteiger partial charge in [0.1, 0.15) is 0 Å². The van der Waals surface area contributed by atoms with Crippen LogP contribution in [-0.4, -0.2) is 73.9 Å². The first-order chi connectivity index (χ1) is 12.5. The number of guanidine groups is 1. The van der Waals surface area contributed by atoms with Crippen LogP contribution in [0.2, 0.25) is 0 Å². The zero-order valence-corrected chi connectivity index (χ0v) is 16.3. The third kappa shape index (κ3) is 7.13. The number of rotatable bonds is 9. The van der Waals surface area contributed by atoms with Crippen molar-refractivity contribution in [3.05, 3.63) is 35.9 Å². The van der Waals surface area contributed by atoms with Crippen LogP contribution in [0, 0.1) is 0 Å². The summed E-state index contributed by atoms with van der Waals surface area (Å²) in [6.07, 6.45) is 0. The van der Waals surface area contributed by atoms with Crippen molar-refractivity contribution in [3.63, 3.8) is 0 Å². The summed E-state index contributed by atoms with van der Waals surface area (Å²) >= 11 is 0. The quantitative estimate of drug-likeness (QED) is 0.393. The predicted octanol–water partition coefficient (Wildman–Crippen LogP) is 1.18. The number of likely N-dealkylation sites (N-methyl/N-ethyl adjacent to an activating group) is 2. The molecule has 0 spiro atoms. The van der Waals surface area contributed by atoms with Gasteiger partial charge in [-0.2, -0.15) is 0 Å². The molecule has 0 heterocycles. The lowest BCUT2D eigenvalue weighted by Crippen LogP contribution is -2.46. The minimum Gasteiger partial charge on any atom is -0.357 e. The number of nitrogens with zero attached hydrogens (tertiary/aromatic N) is 3. The second kappa shape index (κ2) is 11.9. The Balaban J connectivity index is 2.54. The van der Waals surface area contributed by atoms with Crippen LogP contribution in [0.1, 0.15) is 31.1 Å². The molecule has 0 saturated carbocycles. The monoisotopic (exact) mass is 361 g/mol. The maximum absolute atomic E-state index is 12.2. The van der Waals surface area contributed by atoms with Crippen molar-refractivity contribution in [3.8, 4) is 0 Å². The molecule has 0 aromatic heterocycles. The van der Waals surface area contributed by atoms with E-state index in [1.807, 2.05) is 50.9 Å². The number of carbonyl (C=O) groups excluding carboxylic acids is 2. The second-order valence-electron chi connectivity index (χ2n) is 5.78. The van der Waals surface area contributed by atoms with Crippen LogP contribution in [0.3, 0.4) is 0 Å². The Bertz CT molecular complexity index is 585. The molecule has 1 aromatic rings. The topological polar surface area (TPSA) is 77.0 Å². The van der Waals surface area contributed by atoms with E-state index < -0.39 is 0 Å². The molecule has 0 radical (unpaired) electrons. The number of carbonyl (C=O) groups is 2. The molecule has 2 N–H and O–H groups in total. The molecule has 0 bridgehead atoms. The van der Waals surface area contributed by atoms with Crippen LogP contribution in [0.4, 0.5) is 0 Å². The minimum absolute atomic E-state index is 0.0699. The summed E-state index contributed by atoms with van der Waals surface area (Å²) in [5, 5.41) is 6.02. The lowest BCUT2D eigenvalue weighted by molar-refractivity contribution is -0.131. The summed E-state index contributed by atoms with van der Waals surface area (Å²) in [6, 6.07) is 9.08. The fourth-order valence-corrected chi connectivity index (χ4v) is 2.45. The van der Waals surface area contributed by atoms with Crippen LogP contribution in [0.25, 0.3) is 0 Å². The summed E-state index contributed by atoms with van der Waals surface area (Å²) in [6.45, 7) is 9.15. The van der Waals surface area contributed by atoms with Gasteiger partial charge in [-0.3, -0.25) is 14.6 Å². The standard InChI is InChI=1S/C19H31N5O2/c1-5-20-19(23(4)15-17(25)24(6-2)7-3)22-14-13-21-18(26)16-11-9-8-10-12-16/h8-12H,5-7,13-15H2,1-4H3,(H,20,22)(H,21,26). The van der Waals surface area contributed by atoms with Gasteiger partial charge in [0.15, 0.2) is 5.96 Å². The fourth-order valence-electron chi connectivity index (χ4n) is 2.45. The van der Waals surface area contributed by atoms with Crippen LogP contribution in [0.15, 0.2) is 35.3 Å². The van der Waals surface area contributed by atoms with E-state index in [1.54, 1.807) is 17.0 Å². The molecule has 7 heteroatoms. The largest absolute Gasteiger partial charge is 0.357 e. The van der Waals surface area contributed by atoms with Crippen molar-refractivity contribution in [2.75, 3.05) is 46.3 Å². The number of hydrogen-bond acceptors (Lipinski definition) is 3. The number of nitrogens with one attached hydrogen (secondary N) is 2. The summed E-state index contributed by atoms with van der Waals surface area (Å²) in [5.74, 6) is 0.610. The van der Waals surface area contributed by atoms with E-state index in [0.717, 1.165) is 0 Å². The lowest BCUT2D eigenvalue weighted by Gasteiger charge is -2.25. The van der Waals surface area contributed by atoms with Gasteiger partial charge in [-0.15, -0.1) is 0 Å². The highest BCUT2D eigenvalue weighted by molar-refractivity contribution is 5.94. The molecule has 0 saturated heterocycles. The van der Waals surface area contributed by atoms with Crippen molar-refractivity contribution in [1.82, 2.24) is 20.4 Å². The van der Waals surface area contributed by atoms with Crippen molar-refractivity contribution in [1.29, 1.82) is 0 Å². The van der Waals surface area contributed by atoms with Gasteiger partial charge in [0.05, 0.1) is 13.1 Å². The van der Waals surface area contributed by atoms with Gasteiger partial charge in [0.2, 0.25) is 5.91 Å². The second-order valence-corrected chi connectivity index (χ2v) is 5.78. The fraction of sp³-hybridized carbons (Fsp3) is 0.526. The van der Waals surface area contributed by atoms with Gasteiger partial charge >= 0.3 is 0 Å². The molecule has 0 unspecified atom stereocenters. The van der Waals surface area contributed by atoms with Crippen LogP contribution < -0.4 is 10.6 Å². The Morgan fingerprint density at radius 2 is 1.69 bits per heavy atom. The number of aliphatic imine (C=N–C) groups is 1. The molecule has 7 nitrogen and oxygen atoms in total. The average molecular weight is 361 g/mol. The van der Waals surface area contributed by atoms with E-state index in [-0.39, 0.29) is 18.4 Å². The first-order valence-corrected chi connectivity index (χ1v) is 9.13. The first-order valence-electron chi connectivity index (χ1n) is 9.13. The molecule has 0 aliphatic rings. The normalized spacial score (nSPS) is 11.0. The van der Waals surface area contributed by atoms with Crippen molar-refractivity contribution in [2.24, 2.45) is 4.99 Å². The number of benzene rings is 1. The molecule has 0 atom stereocenters. The Morgan fingerprint density at radius 3 is 2.27 bits per heavy atom. The highest BCUT2D eigenvalue weighted by Crippen LogP contribution is 1.97. The van der Waals surface area contributed by atoms with E-state index in [2.05, 4.69) is 15.6 Å². The van der Waals surface area contributed by atoms with E-state index in [4.69, 9.17) is 0 Å². The summed E-state index contributed by atoms with van der Waals surface area (Å²) in [5.41, 5.74) is 0.630. The molecule has 0 aliphatic heterocycles. The Hall–Kier alpha value is -2.57. The van der Waals surface area contributed by atoms with Gasteiger partial charge in [0.25, 0.3) is 5.91 Å². The van der Waals surface area contributed by atoms with Crippen molar-refractivity contribution >= 4 is 17.8 Å². The summed E-state index contributed by atoms with van der Waals surface area (Å²) < 4.78 is 0. The molecule has 1 rings (SSSR count). The smallest absolute Gasteiger partial charge is 0.251 e. The molecule has 2 amide bonds. The average Bonchev–Trinajstić information content (AvgIpc) is 2.65. The van der Waals surface area contributed by atoms with E-state index >= 15 is 0 Å². The minimum atomic E-state index is -0.115. The molecule has 0 fully saturated rings. The first kappa shape index (κ1) is 21.5. The summed E-state index contributed by atoms with van der Waals surface area (Å²) in [4.78, 5) is 32.3. The SMILES string of the molecule is CCNC(=NCCNC(=O)c1ccccc1)N(C)CC(=O)N(CC)CC. The molecule has 144 valence electrons. The van der Waals surface area contributed by atoms with E-state index in [1.165, 1.54) is 0 Å². The van der Waals surface area contributed by atoms with Gasteiger partial charge in [0, 0.05) is 38.8 Å². The highest BCUT2D eigenvalue weighted by atomic mass is 16.2. The van der Waals surface area contributed by atoms with Crippen LogP contribution in [0.5, 0.6) is 0 Å². The molecular formula is C19H31N5O2. The Kier molecular flexibility index (Phi) is 9.82. The van der Waals surface area contributed by atoms with Crippen molar-refractivity contribution < 1.29 is 9.59 Å². The Labute approximate surface area is 156 Å². The Morgan fingerprint density at radius 1 is 1.04 bits per heavy atom. The molecular weight excluding hydrogens is 330 g/mol. The molecule has 0 aliphatic carbocycles. The summed E-state index contributed by atoms with van der Waals surface area (Å²) in [7, 11) is 1.84. The van der Waals surface area contributed by atoms with Crippen LogP contribution >= 0.6 is 0 Å². The maximum atomic E-state index is 12.2. The lowest BCUT2D eigenvalue weighted by atomic mass is 10.2. The third-order valence-electron chi connectivity index (χ3n) is 3.88. The molecule has 26 heavy (non-hydrogen) atoms. The van der Waals surface area contributed by atoms with Crippen LogP contribution in [-0.2, 0) is 4.79 Å². The van der Waals surface area contributed by atoms with Gasteiger partial charge < -0.3 is 20.4 Å². The highest BCUT2D eigenvalue weighted by Gasteiger charge is 2.14. The van der Waals surface area contributed by atoms with Gasteiger partial charge in [-0.05, 0) is 32.9 Å². The van der Waals surface area contributed by atoms with E-state index in [9.17, 15) is 9.59 Å². The van der Waals surface area contributed by atoms with E-state index in [0.29, 0.717) is 44.2 Å². The van der Waals surface area contributed by atoms with Gasteiger partial charge in [-0.25, -0.2) is 0 Å². The number of hydrogen-bond donors (Lipinski definition) is 2. The molecule has 1 aromatic carbocycles. The zero-order chi connectivity index (χ0) is 19.4.